The minimum atomic E-state index is -0.108. The molecule has 0 spiro atoms. The molecule has 6 nitrogen and oxygen atoms in total. The monoisotopic (exact) mass is 300 g/mol. The van der Waals surface area contributed by atoms with Crippen molar-refractivity contribution in [3.05, 3.63) is 47.8 Å². The molecule has 116 valence electrons. The normalized spacial score (nSPS) is 16.0. The van der Waals surface area contributed by atoms with Crippen LogP contribution in [-0.2, 0) is 20.0 Å². The number of aryl methyl sites for hydroxylation is 1. The highest BCUT2D eigenvalue weighted by Crippen LogP contribution is 2.27. The predicted molar refractivity (Wildman–Crippen MR) is 82.6 cm³/mol. The maximum Gasteiger partial charge on any atom is 0.317 e. The fourth-order valence-corrected chi connectivity index (χ4v) is 2.60. The maximum atomic E-state index is 12.1. The first-order chi connectivity index (χ1) is 10.6. The van der Waals surface area contributed by atoms with Crippen LogP contribution in [-0.4, -0.2) is 40.4 Å². The van der Waals surface area contributed by atoms with Crippen LogP contribution in [0.1, 0.15) is 11.1 Å². The highest BCUT2D eigenvalue weighted by atomic mass is 16.5. The van der Waals surface area contributed by atoms with E-state index in [1.807, 2.05) is 31.4 Å². The van der Waals surface area contributed by atoms with Gasteiger partial charge in [-0.15, -0.1) is 0 Å². The van der Waals surface area contributed by atoms with E-state index < -0.39 is 0 Å². The van der Waals surface area contributed by atoms with Crippen LogP contribution in [0.5, 0.6) is 5.75 Å². The fourth-order valence-electron chi connectivity index (χ4n) is 2.60. The summed E-state index contributed by atoms with van der Waals surface area (Å²) in [6.45, 7) is 1.04. The molecule has 0 fully saturated rings. The summed E-state index contributed by atoms with van der Waals surface area (Å²) < 4.78 is 7.54. The average Bonchev–Trinajstić information content (AvgIpc) is 3.10. The van der Waals surface area contributed by atoms with Gasteiger partial charge in [0.05, 0.1) is 19.3 Å². The summed E-state index contributed by atoms with van der Waals surface area (Å²) in [6.07, 6.45) is 4.51. The van der Waals surface area contributed by atoms with Crippen LogP contribution < -0.4 is 10.1 Å². The molecule has 0 saturated heterocycles. The van der Waals surface area contributed by atoms with Gasteiger partial charge in [-0.2, -0.15) is 5.10 Å². The first-order valence-electron chi connectivity index (χ1n) is 7.33. The summed E-state index contributed by atoms with van der Waals surface area (Å²) in [5.74, 6) is 0.922. The van der Waals surface area contributed by atoms with Gasteiger partial charge in [-0.05, 0) is 11.6 Å². The van der Waals surface area contributed by atoms with Crippen molar-refractivity contribution in [1.82, 2.24) is 20.0 Å². The molecule has 3 rings (SSSR count). The number of para-hydroxylation sites is 1. The van der Waals surface area contributed by atoms with E-state index in [-0.39, 0.29) is 12.1 Å². The van der Waals surface area contributed by atoms with Gasteiger partial charge in [0, 0.05) is 32.3 Å². The molecule has 1 aliphatic rings. The SMILES string of the molecule is CN(Cc1cnn(C)c1)C(=O)NCC1Cc2ccccc2O1. The van der Waals surface area contributed by atoms with Gasteiger partial charge >= 0.3 is 6.03 Å². The molecule has 0 aliphatic carbocycles. The second-order valence-corrected chi connectivity index (χ2v) is 5.62. The minimum absolute atomic E-state index is 0.00754. The number of benzene rings is 1. The van der Waals surface area contributed by atoms with E-state index in [9.17, 15) is 4.79 Å². The molecule has 2 amide bonds. The zero-order chi connectivity index (χ0) is 15.5. The van der Waals surface area contributed by atoms with E-state index in [0.29, 0.717) is 13.1 Å². The number of fused-ring (bicyclic) bond motifs is 1. The first-order valence-corrected chi connectivity index (χ1v) is 7.33. The number of hydrogen-bond donors (Lipinski definition) is 1. The molecule has 0 bridgehead atoms. The molecule has 6 heteroatoms. The minimum Gasteiger partial charge on any atom is -0.488 e. The van der Waals surface area contributed by atoms with E-state index in [2.05, 4.69) is 16.5 Å². The van der Waals surface area contributed by atoms with Gasteiger partial charge in [-0.3, -0.25) is 4.68 Å². The Labute approximate surface area is 129 Å². The van der Waals surface area contributed by atoms with Gasteiger partial charge in [-0.25, -0.2) is 4.79 Å². The number of amides is 2. The number of carbonyl (C=O) groups excluding carboxylic acids is 1. The summed E-state index contributed by atoms with van der Waals surface area (Å²) >= 11 is 0. The van der Waals surface area contributed by atoms with E-state index in [1.165, 1.54) is 5.56 Å². The second kappa shape index (κ2) is 6.09. The van der Waals surface area contributed by atoms with Crippen molar-refractivity contribution in [2.45, 2.75) is 19.1 Å². The van der Waals surface area contributed by atoms with Gasteiger partial charge in [0.1, 0.15) is 11.9 Å². The Kier molecular flexibility index (Phi) is 4.00. The van der Waals surface area contributed by atoms with Crippen LogP contribution in [0.3, 0.4) is 0 Å². The van der Waals surface area contributed by atoms with Crippen LogP contribution in [0.4, 0.5) is 4.79 Å². The van der Waals surface area contributed by atoms with Gasteiger partial charge in [0.2, 0.25) is 0 Å². The molecule has 0 saturated carbocycles. The van der Waals surface area contributed by atoms with Gasteiger partial charge in [0.25, 0.3) is 0 Å². The van der Waals surface area contributed by atoms with E-state index >= 15 is 0 Å². The standard InChI is InChI=1S/C16H20N4O2/c1-19(10-12-8-18-20(2)11-12)16(21)17-9-14-7-13-5-3-4-6-15(13)22-14/h3-6,8,11,14H,7,9-10H2,1-2H3,(H,17,21). The number of ether oxygens (including phenoxy) is 1. The van der Waals surface area contributed by atoms with Gasteiger partial charge in [-0.1, -0.05) is 18.2 Å². The van der Waals surface area contributed by atoms with Crippen molar-refractivity contribution in [2.24, 2.45) is 7.05 Å². The molecular formula is C16H20N4O2. The third-order valence-corrected chi connectivity index (χ3v) is 3.72. The molecular weight excluding hydrogens is 280 g/mol. The average molecular weight is 300 g/mol. The summed E-state index contributed by atoms with van der Waals surface area (Å²) in [7, 11) is 3.63. The van der Waals surface area contributed by atoms with E-state index in [1.54, 1.807) is 22.8 Å². The molecule has 1 aromatic heterocycles. The summed E-state index contributed by atoms with van der Waals surface area (Å²) in [6, 6.07) is 7.88. The number of urea groups is 1. The molecule has 22 heavy (non-hydrogen) atoms. The number of hydrogen-bond acceptors (Lipinski definition) is 3. The summed E-state index contributed by atoms with van der Waals surface area (Å²) in [5, 5.41) is 7.02. The van der Waals surface area contributed by atoms with Crippen molar-refractivity contribution in [3.8, 4) is 5.75 Å². The lowest BCUT2D eigenvalue weighted by Crippen LogP contribution is -2.41. The third-order valence-electron chi connectivity index (χ3n) is 3.72. The fraction of sp³-hybridized carbons (Fsp3) is 0.375. The Hall–Kier alpha value is -2.50. The summed E-state index contributed by atoms with van der Waals surface area (Å²) in [5.41, 5.74) is 2.20. The Balaban J connectivity index is 1.47. The highest BCUT2D eigenvalue weighted by Gasteiger charge is 2.23. The maximum absolute atomic E-state index is 12.1. The highest BCUT2D eigenvalue weighted by molar-refractivity contribution is 5.73. The first kappa shape index (κ1) is 14.4. The van der Waals surface area contributed by atoms with Crippen molar-refractivity contribution >= 4 is 6.03 Å². The smallest absolute Gasteiger partial charge is 0.317 e. The van der Waals surface area contributed by atoms with Crippen molar-refractivity contribution < 1.29 is 9.53 Å². The molecule has 2 aromatic rings. The third kappa shape index (κ3) is 3.21. The Morgan fingerprint density at radius 3 is 3.05 bits per heavy atom. The Morgan fingerprint density at radius 1 is 1.50 bits per heavy atom. The van der Waals surface area contributed by atoms with E-state index in [4.69, 9.17) is 4.74 Å². The lowest BCUT2D eigenvalue weighted by atomic mass is 10.1. The molecule has 1 aliphatic heterocycles. The summed E-state index contributed by atoms with van der Waals surface area (Å²) in [4.78, 5) is 13.8. The molecule has 0 radical (unpaired) electrons. The van der Waals surface area contributed by atoms with Crippen molar-refractivity contribution in [1.29, 1.82) is 0 Å². The zero-order valence-electron chi connectivity index (χ0n) is 12.8. The van der Waals surface area contributed by atoms with Crippen molar-refractivity contribution in [3.63, 3.8) is 0 Å². The Morgan fingerprint density at radius 2 is 2.32 bits per heavy atom. The van der Waals surface area contributed by atoms with Gasteiger partial charge in [0.15, 0.2) is 0 Å². The number of carbonyl (C=O) groups is 1. The molecule has 1 unspecified atom stereocenters. The van der Waals surface area contributed by atoms with E-state index in [0.717, 1.165) is 17.7 Å². The number of aromatic nitrogens is 2. The predicted octanol–water partition coefficient (Wildman–Crippen LogP) is 1.57. The van der Waals surface area contributed by atoms with Gasteiger partial charge < -0.3 is 15.0 Å². The lowest BCUT2D eigenvalue weighted by molar-refractivity contribution is 0.191. The van der Waals surface area contributed by atoms with Crippen LogP contribution in [0.15, 0.2) is 36.7 Å². The number of nitrogens with one attached hydrogen (secondary N) is 1. The number of nitrogens with zero attached hydrogens (tertiary/aromatic N) is 3. The van der Waals surface area contributed by atoms with Crippen LogP contribution in [0, 0.1) is 0 Å². The largest absolute Gasteiger partial charge is 0.488 e. The second-order valence-electron chi connectivity index (χ2n) is 5.62. The van der Waals surface area contributed by atoms with Crippen LogP contribution >= 0.6 is 0 Å². The quantitative estimate of drug-likeness (QED) is 0.932. The Bertz CT molecular complexity index is 643. The molecule has 1 atom stereocenters. The molecule has 1 N–H and O–H groups in total. The number of rotatable bonds is 4. The lowest BCUT2D eigenvalue weighted by Gasteiger charge is -2.19. The van der Waals surface area contributed by atoms with Crippen LogP contribution in [0.25, 0.3) is 0 Å². The van der Waals surface area contributed by atoms with Crippen LogP contribution in [0.2, 0.25) is 0 Å². The molecule has 2 heterocycles. The van der Waals surface area contributed by atoms with Crippen molar-refractivity contribution in [2.75, 3.05) is 13.6 Å². The topological polar surface area (TPSA) is 59.4 Å². The molecule has 1 aromatic carbocycles. The zero-order valence-corrected chi connectivity index (χ0v) is 12.8.